The van der Waals surface area contributed by atoms with E-state index in [9.17, 15) is 4.79 Å². The van der Waals surface area contributed by atoms with E-state index in [2.05, 4.69) is 25.3 Å². The number of para-hydroxylation sites is 2. The first-order valence-electron chi connectivity index (χ1n) is 6.66. The van der Waals surface area contributed by atoms with Crippen LogP contribution in [0.25, 0.3) is 11.0 Å². The van der Waals surface area contributed by atoms with E-state index in [0.717, 1.165) is 5.52 Å². The quantitative estimate of drug-likeness (QED) is 0.792. The van der Waals surface area contributed by atoms with E-state index in [4.69, 9.17) is 0 Å². The molecule has 3 rings (SSSR count). The second kappa shape index (κ2) is 5.72. The van der Waals surface area contributed by atoms with Crippen LogP contribution in [0.1, 0.15) is 10.5 Å². The highest BCUT2D eigenvalue weighted by Gasteiger charge is 2.10. The zero-order valence-corrected chi connectivity index (χ0v) is 12.2. The number of carbonyl (C=O) groups is 1. The van der Waals surface area contributed by atoms with E-state index in [0.29, 0.717) is 17.2 Å². The predicted molar refractivity (Wildman–Crippen MR) is 83.9 cm³/mol. The lowest BCUT2D eigenvalue weighted by molar-refractivity contribution is 0.102. The topological polar surface area (TPSA) is 83.9 Å². The van der Waals surface area contributed by atoms with Crippen molar-refractivity contribution >= 4 is 28.6 Å². The molecule has 0 saturated heterocycles. The molecular formula is C15H14N6O. The van der Waals surface area contributed by atoms with E-state index in [1.165, 1.54) is 6.20 Å². The Hall–Kier alpha value is -3.09. The number of nitrogens with one attached hydrogen (secondary N) is 1. The van der Waals surface area contributed by atoms with Crippen molar-refractivity contribution < 1.29 is 4.79 Å². The van der Waals surface area contributed by atoms with Crippen molar-refractivity contribution in [2.24, 2.45) is 0 Å². The molecule has 0 aliphatic heterocycles. The van der Waals surface area contributed by atoms with Gasteiger partial charge in [-0.2, -0.15) is 0 Å². The molecule has 1 N–H and O–H groups in total. The summed E-state index contributed by atoms with van der Waals surface area (Å²) in [7, 11) is 3.69. The van der Waals surface area contributed by atoms with Crippen LogP contribution in [-0.2, 0) is 0 Å². The first kappa shape index (κ1) is 13.9. The summed E-state index contributed by atoms with van der Waals surface area (Å²) in [6.07, 6.45) is 4.55. The lowest BCUT2D eigenvalue weighted by atomic mass is 10.3. The zero-order valence-electron chi connectivity index (χ0n) is 12.2. The molecule has 0 spiro atoms. The van der Waals surface area contributed by atoms with E-state index < -0.39 is 0 Å². The molecule has 0 unspecified atom stereocenters. The summed E-state index contributed by atoms with van der Waals surface area (Å²) < 4.78 is 0. The van der Waals surface area contributed by atoms with Crippen molar-refractivity contribution in [1.82, 2.24) is 19.9 Å². The Labute approximate surface area is 127 Å². The third-order valence-corrected chi connectivity index (χ3v) is 2.98. The average molecular weight is 294 g/mol. The van der Waals surface area contributed by atoms with Gasteiger partial charge in [0.2, 0.25) is 5.95 Å². The monoisotopic (exact) mass is 294 g/mol. The number of anilines is 2. The molecule has 110 valence electrons. The second-order valence-corrected chi connectivity index (χ2v) is 4.86. The molecule has 3 aromatic rings. The molecule has 0 fully saturated rings. The van der Waals surface area contributed by atoms with Crippen LogP contribution in [0.5, 0.6) is 0 Å². The molecule has 0 saturated carbocycles. The molecule has 7 nitrogen and oxygen atoms in total. The van der Waals surface area contributed by atoms with Crippen LogP contribution in [0.3, 0.4) is 0 Å². The van der Waals surface area contributed by atoms with E-state index >= 15 is 0 Å². The number of hydrogen-bond donors (Lipinski definition) is 1. The van der Waals surface area contributed by atoms with Gasteiger partial charge in [0.25, 0.3) is 5.91 Å². The highest BCUT2D eigenvalue weighted by Crippen LogP contribution is 2.11. The molecule has 1 amide bonds. The maximum Gasteiger partial charge on any atom is 0.275 e. The van der Waals surface area contributed by atoms with Gasteiger partial charge in [0, 0.05) is 14.1 Å². The van der Waals surface area contributed by atoms with Crippen molar-refractivity contribution in [2.45, 2.75) is 0 Å². The van der Waals surface area contributed by atoms with E-state index in [-0.39, 0.29) is 11.6 Å². The highest BCUT2D eigenvalue weighted by molar-refractivity contribution is 6.03. The molecule has 7 heteroatoms. The maximum atomic E-state index is 12.2. The van der Waals surface area contributed by atoms with Crippen molar-refractivity contribution in [3.8, 4) is 0 Å². The Morgan fingerprint density at radius 1 is 1.00 bits per heavy atom. The van der Waals surface area contributed by atoms with Crippen LogP contribution in [-0.4, -0.2) is 39.9 Å². The normalized spacial score (nSPS) is 10.5. The molecule has 0 radical (unpaired) electrons. The fraction of sp³-hybridized carbons (Fsp3) is 0.133. The summed E-state index contributed by atoms with van der Waals surface area (Å²) in [5, 5.41) is 2.70. The number of rotatable bonds is 3. The van der Waals surface area contributed by atoms with Crippen LogP contribution in [0.2, 0.25) is 0 Å². The van der Waals surface area contributed by atoms with Crippen LogP contribution < -0.4 is 10.2 Å². The zero-order chi connectivity index (χ0) is 15.5. The number of fused-ring (bicyclic) bond motifs is 1. The Morgan fingerprint density at radius 2 is 1.68 bits per heavy atom. The van der Waals surface area contributed by atoms with Gasteiger partial charge in [0.1, 0.15) is 5.69 Å². The number of hydrogen-bond acceptors (Lipinski definition) is 6. The standard InChI is InChI=1S/C15H14N6O/c1-21(2)15-17-7-10(8-18-15)19-14(22)13-9-16-11-5-3-4-6-12(11)20-13/h3-9H,1-2H3,(H,19,22). The first-order chi connectivity index (χ1) is 10.6. The Balaban J connectivity index is 1.80. The summed E-state index contributed by atoms with van der Waals surface area (Å²) in [5.74, 6) is 0.225. The number of nitrogens with zero attached hydrogens (tertiary/aromatic N) is 5. The van der Waals surface area contributed by atoms with Crippen LogP contribution >= 0.6 is 0 Å². The molecule has 0 aliphatic rings. The molecule has 2 aromatic heterocycles. The molecule has 0 bridgehead atoms. The number of carbonyl (C=O) groups excluding carboxylic acids is 1. The summed E-state index contributed by atoms with van der Waals surface area (Å²) in [6.45, 7) is 0. The van der Waals surface area contributed by atoms with Crippen molar-refractivity contribution in [1.29, 1.82) is 0 Å². The van der Waals surface area contributed by atoms with Gasteiger partial charge in [-0.25, -0.2) is 15.0 Å². The molecular weight excluding hydrogens is 280 g/mol. The summed E-state index contributed by atoms with van der Waals surface area (Å²) >= 11 is 0. The van der Waals surface area contributed by atoms with Crippen LogP contribution in [0.4, 0.5) is 11.6 Å². The molecule has 0 aliphatic carbocycles. The molecule has 0 atom stereocenters. The highest BCUT2D eigenvalue weighted by atomic mass is 16.1. The van der Waals surface area contributed by atoms with Crippen molar-refractivity contribution in [3.63, 3.8) is 0 Å². The minimum absolute atomic E-state index is 0.246. The van der Waals surface area contributed by atoms with Gasteiger partial charge >= 0.3 is 0 Å². The fourth-order valence-electron chi connectivity index (χ4n) is 1.88. The largest absolute Gasteiger partial charge is 0.347 e. The van der Waals surface area contributed by atoms with Gasteiger partial charge in [0.15, 0.2) is 0 Å². The number of benzene rings is 1. The average Bonchev–Trinajstić information content (AvgIpc) is 2.55. The lowest BCUT2D eigenvalue weighted by Crippen LogP contribution is -2.16. The number of aromatic nitrogens is 4. The third-order valence-electron chi connectivity index (χ3n) is 2.98. The minimum Gasteiger partial charge on any atom is -0.347 e. The third kappa shape index (κ3) is 2.83. The van der Waals surface area contributed by atoms with Gasteiger partial charge < -0.3 is 10.2 Å². The molecule has 22 heavy (non-hydrogen) atoms. The molecule has 1 aromatic carbocycles. The van der Waals surface area contributed by atoms with Gasteiger partial charge in [-0.15, -0.1) is 0 Å². The summed E-state index contributed by atoms with van der Waals surface area (Å²) in [5.41, 5.74) is 2.17. The van der Waals surface area contributed by atoms with Gasteiger partial charge in [-0.3, -0.25) is 9.78 Å². The van der Waals surface area contributed by atoms with Gasteiger partial charge in [-0.1, -0.05) is 12.1 Å². The fourth-order valence-corrected chi connectivity index (χ4v) is 1.88. The van der Waals surface area contributed by atoms with Gasteiger partial charge in [-0.05, 0) is 12.1 Å². The predicted octanol–water partition coefficient (Wildman–Crippen LogP) is 1.74. The molecule has 2 heterocycles. The van der Waals surface area contributed by atoms with E-state index in [1.807, 2.05) is 38.4 Å². The first-order valence-corrected chi connectivity index (χ1v) is 6.66. The Bertz CT molecular complexity index is 816. The maximum absolute atomic E-state index is 12.2. The number of amides is 1. The van der Waals surface area contributed by atoms with Crippen LogP contribution in [0.15, 0.2) is 42.9 Å². The summed E-state index contributed by atoms with van der Waals surface area (Å²) in [4.78, 5) is 30.8. The lowest BCUT2D eigenvalue weighted by Gasteiger charge is -2.10. The smallest absolute Gasteiger partial charge is 0.275 e. The minimum atomic E-state index is -0.348. The van der Waals surface area contributed by atoms with Crippen LogP contribution in [0, 0.1) is 0 Å². The summed E-state index contributed by atoms with van der Waals surface area (Å²) in [6, 6.07) is 7.39. The van der Waals surface area contributed by atoms with Crippen molar-refractivity contribution in [2.75, 3.05) is 24.3 Å². The van der Waals surface area contributed by atoms with E-state index in [1.54, 1.807) is 17.3 Å². The van der Waals surface area contributed by atoms with Gasteiger partial charge in [0.05, 0.1) is 35.3 Å². The second-order valence-electron chi connectivity index (χ2n) is 4.86. The van der Waals surface area contributed by atoms with Crippen molar-refractivity contribution in [3.05, 3.63) is 48.5 Å². The SMILES string of the molecule is CN(C)c1ncc(NC(=O)c2cnc3ccccc3n2)cn1. The Kier molecular flexibility index (Phi) is 3.61. The Morgan fingerprint density at radius 3 is 2.36 bits per heavy atom.